The number of methoxy groups -OCH3 is 1. The fraction of sp³-hybridized carbons (Fsp3) is 0.0870. The van der Waals surface area contributed by atoms with Gasteiger partial charge >= 0.3 is 12.1 Å². The Morgan fingerprint density at radius 3 is 2.23 bits per heavy atom. The highest BCUT2D eigenvalue weighted by Crippen LogP contribution is 2.33. The molecule has 0 aliphatic heterocycles. The quantitative estimate of drug-likeness (QED) is 0.456. The number of fused-ring (bicyclic) bond motifs is 1. The Morgan fingerprint density at radius 2 is 1.65 bits per heavy atom. The van der Waals surface area contributed by atoms with Gasteiger partial charge in [0.2, 0.25) is 0 Å². The maximum absolute atomic E-state index is 13.0. The Bertz CT molecular complexity index is 1270. The monoisotopic (exact) mass is 424 g/mol. The molecule has 31 heavy (non-hydrogen) atoms. The third kappa shape index (κ3) is 4.05. The number of carbonyl (C=O) groups is 1. The molecular weight excluding hydrogens is 409 g/mol. The van der Waals surface area contributed by atoms with Crippen LogP contribution in [0.15, 0.2) is 66.9 Å². The Morgan fingerprint density at radius 1 is 0.935 bits per heavy atom. The minimum atomic E-state index is -4.58. The second-order valence-corrected chi connectivity index (χ2v) is 6.75. The second-order valence-electron chi connectivity index (χ2n) is 6.75. The van der Waals surface area contributed by atoms with Crippen molar-refractivity contribution in [3.8, 4) is 28.3 Å². The lowest BCUT2D eigenvalue weighted by molar-refractivity contribution is -0.137. The van der Waals surface area contributed by atoms with Gasteiger partial charge in [-0.15, -0.1) is 0 Å². The van der Waals surface area contributed by atoms with E-state index in [9.17, 15) is 23.1 Å². The molecule has 2 aromatic carbocycles. The summed E-state index contributed by atoms with van der Waals surface area (Å²) in [6.45, 7) is 0. The number of ether oxygens (including phenoxy) is 1. The normalized spacial score (nSPS) is 11.5. The molecule has 0 unspecified atom stereocenters. The number of pyridine rings is 2. The van der Waals surface area contributed by atoms with E-state index >= 15 is 0 Å². The summed E-state index contributed by atoms with van der Waals surface area (Å²) in [6, 6.07) is 15.0. The maximum Gasteiger partial charge on any atom is 0.416 e. The van der Waals surface area contributed by atoms with Crippen LogP contribution in [-0.2, 0) is 6.18 Å². The average molecular weight is 424 g/mol. The molecule has 156 valence electrons. The van der Waals surface area contributed by atoms with Crippen LogP contribution in [0.2, 0.25) is 0 Å². The van der Waals surface area contributed by atoms with Crippen LogP contribution in [-0.4, -0.2) is 28.2 Å². The predicted octanol–water partition coefficient (Wildman–Crippen LogP) is 5.69. The van der Waals surface area contributed by atoms with Crippen molar-refractivity contribution in [3.05, 3.63) is 78.0 Å². The lowest BCUT2D eigenvalue weighted by Gasteiger charge is -2.11. The number of nitrogens with zero attached hydrogens (tertiary/aromatic N) is 2. The van der Waals surface area contributed by atoms with Gasteiger partial charge in [0.15, 0.2) is 0 Å². The maximum atomic E-state index is 13.0. The van der Waals surface area contributed by atoms with Gasteiger partial charge in [-0.1, -0.05) is 18.2 Å². The van der Waals surface area contributed by atoms with Gasteiger partial charge in [0.1, 0.15) is 5.75 Å². The van der Waals surface area contributed by atoms with Gasteiger partial charge in [-0.3, -0.25) is 4.98 Å². The van der Waals surface area contributed by atoms with Crippen molar-refractivity contribution in [2.45, 2.75) is 6.18 Å². The Kier molecular flexibility index (Phi) is 5.06. The number of hydrogen-bond donors (Lipinski definition) is 1. The van der Waals surface area contributed by atoms with E-state index < -0.39 is 17.7 Å². The summed E-state index contributed by atoms with van der Waals surface area (Å²) >= 11 is 0. The smallest absolute Gasteiger partial charge is 0.416 e. The lowest BCUT2D eigenvalue weighted by Crippen LogP contribution is -2.06. The van der Waals surface area contributed by atoms with Gasteiger partial charge in [0.05, 0.1) is 35.1 Å². The summed E-state index contributed by atoms with van der Waals surface area (Å²) in [4.78, 5) is 20.4. The molecule has 0 spiro atoms. The number of alkyl halides is 3. The first kappa shape index (κ1) is 20.3. The number of rotatable bonds is 4. The second kappa shape index (κ2) is 7.71. The minimum absolute atomic E-state index is 0.0825. The zero-order valence-corrected chi connectivity index (χ0v) is 16.1. The molecule has 2 aromatic heterocycles. The fourth-order valence-electron chi connectivity index (χ4n) is 3.21. The van der Waals surface area contributed by atoms with Crippen LogP contribution in [0, 0.1) is 0 Å². The minimum Gasteiger partial charge on any atom is -0.497 e. The number of carboxylic acid groups (broad SMARTS) is 1. The molecule has 8 heteroatoms. The summed E-state index contributed by atoms with van der Waals surface area (Å²) in [5, 5.41) is 9.46. The molecule has 2 heterocycles. The zero-order chi connectivity index (χ0) is 22.2. The number of aromatic carboxylic acids is 1. The largest absolute Gasteiger partial charge is 0.497 e. The highest BCUT2D eigenvalue weighted by molar-refractivity contribution is 6.03. The molecule has 0 saturated carbocycles. The standard InChI is InChI=1S/C23H15F3N2O3/c1-31-16-6-2-13(3-7-16)14-4-8-20(27-12-14)21-11-18(22(29)30)17-10-15(23(24,25)26)5-9-19(17)28-21/h2-12H,1H3,(H,29,30). The number of halogens is 3. The Labute approximate surface area is 174 Å². The third-order valence-corrected chi connectivity index (χ3v) is 4.82. The lowest BCUT2D eigenvalue weighted by atomic mass is 10.0. The van der Waals surface area contributed by atoms with Gasteiger partial charge in [-0.25, -0.2) is 9.78 Å². The van der Waals surface area contributed by atoms with E-state index in [0.29, 0.717) is 5.69 Å². The molecule has 5 nitrogen and oxygen atoms in total. The van der Waals surface area contributed by atoms with Crippen LogP contribution < -0.4 is 4.74 Å². The first-order valence-electron chi connectivity index (χ1n) is 9.12. The van der Waals surface area contributed by atoms with Gasteiger partial charge in [0, 0.05) is 17.1 Å². The van der Waals surface area contributed by atoms with Gasteiger partial charge in [0.25, 0.3) is 0 Å². The van der Waals surface area contributed by atoms with Crippen molar-refractivity contribution < 1.29 is 27.8 Å². The molecule has 0 atom stereocenters. The molecule has 0 fully saturated rings. The van der Waals surface area contributed by atoms with Crippen molar-refractivity contribution in [1.82, 2.24) is 9.97 Å². The number of aromatic nitrogens is 2. The molecule has 0 saturated heterocycles. The van der Waals surface area contributed by atoms with Crippen LogP contribution in [0.25, 0.3) is 33.4 Å². The first-order valence-corrected chi connectivity index (χ1v) is 9.12. The number of benzene rings is 2. The number of hydrogen-bond acceptors (Lipinski definition) is 4. The number of carboxylic acids is 1. The summed E-state index contributed by atoms with van der Waals surface area (Å²) in [6.07, 6.45) is -2.96. The van der Waals surface area contributed by atoms with E-state index in [-0.39, 0.29) is 22.2 Å². The van der Waals surface area contributed by atoms with Crippen molar-refractivity contribution >= 4 is 16.9 Å². The topological polar surface area (TPSA) is 72.3 Å². The molecule has 0 bridgehead atoms. The van der Waals surface area contributed by atoms with E-state index in [1.807, 2.05) is 30.3 Å². The van der Waals surface area contributed by atoms with Crippen LogP contribution in [0.4, 0.5) is 13.2 Å². The molecule has 0 radical (unpaired) electrons. The van der Waals surface area contributed by atoms with Crippen LogP contribution in [0.3, 0.4) is 0 Å². The van der Waals surface area contributed by atoms with E-state index in [1.54, 1.807) is 19.4 Å². The molecule has 0 amide bonds. The van der Waals surface area contributed by atoms with Gasteiger partial charge in [-0.2, -0.15) is 13.2 Å². The average Bonchev–Trinajstić information content (AvgIpc) is 2.77. The van der Waals surface area contributed by atoms with Crippen molar-refractivity contribution in [2.75, 3.05) is 7.11 Å². The summed E-state index contributed by atoms with van der Waals surface area (Å²) in [7, 11) is 1.58. The van der Waals surface area contributed by atoms with E-state index in [0.717, 1.165) is 29.0 Å². The summed E-state index contributed by atoms with van der Waals surface area (Å²) in [5.41, 5.74) is 1.35. The molecule has 1 N–H and O–H groups in total. The Balaban J connectivity index is 1.76. The molecule has 4 rings (SSSR count). The van der Waals surface area contributed by atoms with E-state index in [4.69, 9.17) is 4.74 Å². The van der Waals surface area contributed by atoms with Crippen LogP contribution >= 0.6 is 0 Å². The molecule has 4 aromatic rings. The van der Waals surface area contributed by atoms with E-state index in [1.165, 1.54) is 12.1 Å². The van der Waals surface area contributed by atoms with Crippen molar-refractivity contribution in [1.29, 1.82) is 0 Å². The third-order valence-electron chi connectivity index (χ3n) is 4.82. The van der Waals surface area contributed by atoms with Gasteiger partial charge < -0.3 is 9.84 Å². The van der Waals surface area contributed by atoms with E-state index in [2.05, 4.69) is 9.97 Å². The van der Waals surface area contributed by atoms with Crippen LogP contribution in [0.5, 0.6) is 5.75 Å². The molecule has 0 aliphatic rings. The summed E-state index contributed by atoms with van der Waals surface area (Å²) < 4.78 is 44.2. The highest BCUT2D eigenvalue weighted by atomic mass is 19.4. The van der Waals surface area contributed by atoms with Crippen molar-refractivity contribution in [3.63, 3.8) is 0 Å². The van der Waals surface area contributed by atoms with Crippen molar-refractivity contribution in [2.24, 2.45) is 0 Å². The van der Waals surface area contributed by atoms with Crippen LogP contribution in [0.1, 0.15) is 15.9 Å². The van der Waals surface area contributed by atoms with Gasteiger partial charge in [-0.05, 0) is 48.0 Å². The zero-order valence-electron chi connectivity index (χ0n) is 16.1. The SMILES string of the molecule is COc1ccc(-c2ccc(-c3cc(C(=O)O)c4cc(C(F)(F)F)ccc4n3)nc2)cc1. The fourth-order valence-corrected chi connectivity index (χ4v) is 3.21. The summed E-state index contributed by atoms with van der Waals surface area (Å²) in [5.74, 6) is -0.619. The predicted molar refractivity (Wildman–Crippen MR) is 109 cm³/mol. The Hall–Kier alpha value is -3.94. The molecule has 0 aliphatic carbocycles. The first-order chi connectivity index (χ1) is 14.8. The molecular formula is C23H15F3N2O3. The highest BCUT2D eigenvalue weighted by Gasteiger charge is 2.31.